The van der Waals surface area contributed by atoms with Crippen LogP contribution in [0.2, 0.25) is 0 Å². The Bertz CT molecular complexity index is 794. The Labute approximate surface area is 150 Å². The van der Waals surface area contributed by atoms with E-state index in [9.17, 15) is 14.4 Å². The maximum absolute atomic E-state index is 11.1. The third-order valence-corrected chi connectivity index (χ3v) is 3.33. The zero-order chi connectivity index (χ0) is 19.7. The van der Waals surface area contributed by atoms with Gasteiger partial charge in [-0.2, -0.15) is 0 Å². The van der Waals surface area contributed by atoms with Crippen molar-refractivity contribution >= 4 is 17.9 Å². The summed E-state index contributed by atoms with van der Waals surface area (Å²) in [7, 11) is 0. The third kappa shape index (κ3) is 5.71. The molecule has 0 bridgehead atoms. The molecular formula is C19H20O7. The minimum absolute atomic E-state index is 0.0617. The number of hydrogen-bond donors (Lipinski definition) is 3. The van der Waals surface area contributed by atoms with E-state index in [1.165, 1.54) is 36.4 Å². The van der Waals surface area contributed by atoms with Gasteiger partial charge in [0.2, 0.25) is 0 Å². The van der Waals surface area contributed by atoms with Gasteiger partial charge in [-0.25, -0.2) is 14.4 Å². The van der Waals surface area contributed by atoms with Gasteiger partial charge in [-0.1, -0.05) is 18.2 Å². The Morgan fingerprint density at radius 1 is 0.769 bits per heavy atom. The number of carboxylic acid groups (broad SMARTS) is 3. The van der Waals surface area contributed by atoms with Gasteiger partial charge in [0, 0.05) is 13.2 Å². The van der Waals surface area contributed by atoms with E-state index in [0.29, 0.717) is 11.1 Å². The first-order valence-corrected chi connectivity index (χ1v) is 7.83. The summed E-state index contributed by atoms with van der Waals surface area (Å²) < 4.78 is 4.83. The summed E-state index contributed by atoms with van der Waals surface area (Å²) in [5.74, 6) is -3.79. The van der Waals surface area contributed by atoms with Gasteiger partial charge < -0.3 is 20.1 Å². The Kier molecular flexibility index (Phi) is 7.98. The number of rotatable bonds is 6. The Morgan fingerprint density at radius 2 is 1.35 bits per heavy atom. The van der Waals surface area contributed by atoms with Gasteiger partial charge >= 0.3 is 17.9 Å². The van der Waals surface area contributed by atoms with Crippen LogP contribution < -0.4 is 0 Å². The van der Waals surface area contributed by atoms with Gasteiger partial charge in [0.25, 0.3) is 0 Å². The fraction of sp³-hybridized carbons (Fsp3) is 0.211. The van der Waals surface area contributed by atoms with Crippen molar-refractivity contribution in [2.75, 3.05) is 13.2 Å². The summed E-state index contributed by atoms with van der Waals surface area (Å²) in [5, 5.41) is 27.0. The molecule has 2 aromatic carbocycles. The van der Waals surface area contributed by atoms with Gasteiger partial charge in [0.05, 0.1) is 16.7 Å². The Hall–Kier alpha value is -3.19. The molecule has 0 saturated carbocycles. The highest BCUT2D eigenvalue weighted by molar-refractivity contribution is 6.02. The molecule has 0 aromatic heterocycles. The molecule has 2 rings (SSSR count). The summed E-state index contributed by atoms with van der Waals surface area (Å²) in [6, 6.07) is 9.80. The Morgan fingerprint density at radius 3 is 1.81 bits per heavy atom. The number of aromatic carboxylic acids is 3. The standard InChI is InChI=1S/C15H10O6.C4H10O/c16-13(17)10-3-1-2-8(6-10)9-4-5-11(14(18)19)12(7-9)15(20)21;1-3-5-4-2/h1-7H,(H,16,17)(H,18,19)(H,20,21);3-4H2,1-2H3. The number of carbonyl (C=O) groups is 3. The number of ether oxygens (including phenoxy) is 1. The van der Waals surface area contributed by atoms with Crippen LogP contribution >= 0.6 is 0 Å². The summed E-state index contributed by atoms with van der Waals surface area (Å²) in [6.07, 6.45) is 0. The van der Waals surface area contributed by atoms with Crippen molar-refractivity contribution < 1.29 is 34.4 Å². The number of hydrogen-bond acceptors (Lipinski definition) is 4. The highest BCUT2D eigenvalue weighted by Gasteiger charge is 2.17. The third-order valence-electron chi connectivity index (χ3n) is 3.33. The fourth-order valence-electron chi connectivity index (χ4n) is 2.12. The van der Waals surface area contributed by atoms with Crippen LogP contribution in [0.25, 0.3) is 11.1 Å². The van der Waals surface area contributed by atoms with Crippen molar-refractivity contribution in [3.8, 4) is 11.1 Å². The molecule has 0 heterocycles. The molecule has 0 aliphatic carbocycles. The molecule has 0 atom stereocenters. The smallest absolute Gasteiger partial charge is 0.336 e. The van der Waals surface area contributed by atoms with Crippen LogP contribution in [0.1, 0.15) is 44.9 Å². The summed E-state index contributed by atoms with van der Waals surface area (Å²) >= 11 is 0. The highest BCUT2D eigenvalue weighted by atomic mass is 16.5. The first-order valence-electron chi connectivity index (χ1n) is 7.83. The van der Waals surface area contributed by atoms with E-state index in [1.54, 1.807) is 6.07 Å². The van der Waals surface area contributed by atoms with Gasteiger partial charge in [0.1, 0.15) is 0 Å². The molecular weight excluding hydrogens is 340 g/mol. The minimum atomic E-state index is -1.36. The summed E-state index contributed by atoms with van der Waals surface area (Å²) in [5.41, 5.74) is 0.322. The molecule has 0 saturated heterocycles. The molecule has 0 unspecified atom stereocenters. The maximum atomic E-state index is 11.1. The predicted molar refractivity (Wildman–Crippen MR) is 94.9 cm³/mol. The van der Waals surface area contributed by atoms with E-state index in [2.05, 4.69) is 0 Å². The summed E-state index contributed by atoms with van der Waals surface area (Å²) in [6.45, 7) is 5.67. The summed E-state index contributed by atoms with van der Waals surface area (Å²) in [4.78, 5) is 33.0. The van der Waals surface area contributed by atoms with E-state index in [4.69, 9.17) is 20.1 Å². The van der Waals surface area contributed by atoms with Gasteiger partial charge in [-0.3, -0.25) is 0 Å². The molecule has 3 N–H and O–H groups in total. The lowest BCUT2D eigenvalue weighted by molar-refractivity contribution is 0.0651. The second-order valence-corrected chi connectivity index (χ2v) is 5.04. The van der Waals surface area contributed by atoms with Crippen molar-refractivity contribution in [1.82, 2.24) is 0 Å². The van der Waals surface area contributed by atoms with Crippen LogP contribution in [-0.4, -0.2) is 46.4 Å². The molecule has 0 aliphatic rings. The van der Waals surface area contributed by atoms with Crippen LogP contribution in [0.15, 0.2) is 42.5 Å². The van der Waals surface area contributed by atoms with Gasteiger partial charge in [-0.05, 0) is 49.2 Å². The fourth-order valence-corrected chi connectivity index (χ4v) is 2.12. The van der Waals surface area contributed by atoms with Crippen molar-refractivity contribution in [1.29, 1.82) is 0 Å². The molecule has 7 nitrogen and oxygen atoms in total. The zero-order valence-corrected chi connectivity index (χ0v) is 14.4. The number of carboxylic acids is 3. The van der Waals surface area contributed by atoms with Gasteiger partial charge in [-0.15, -0.1) is 0 Å². The lowest BCUT2D eigenvalue weighted by Crippen LogP contribution is -2.08. The minimum Gasteiger partial charge on any atom is -0.478 e. The topological polar surface area (TPSA) is 121 Å². The largest absolute Gasteiger partial charge is 0.478 e. The van der Waals surface area contributed by atoms with E-state index >= 15 is 0 Å². The lowest BCUT2D eigenvalue weighted by Gasteiger charge is -2.07. The van der Waals surface area contributed by atoms with Crippen LogP contribution in [-0.2, 0) is 4.74 Å². The average molecular weight is 360 g/mol. The lowest BCUT2D eigenvalue weighted by atomic mass is 9.98. The molecule has 138 valence electrons. The van der Waals surface area contributed by atoms with Crippen LogP contribution in [0.5, 0.6) is 0 Å². The highest BCUT2D eigenvalue weighted by Crippen LogP contribution is 2.24. The molecule has 0 amide bonds. The molecule has 0 fully saturated rings. The van der Waals surface area contributed by atoms with E-state index < -0.39 is 17.9 Å². The second-order valence-electron chi connectivity index (χ2n) is 5.04. The first kappa shape index (κ1) is 20.9. The predicted octanol–water partition coefficient (Wildman–Crippen LogP) is 3.49. The molecule has 26 heavy (non-hydrogen) atoms. The van der Waals surface area contributed by atoms with Crippen molar-refractivity contribution in [3.63, 3.8) is 0 Å². The molecule has 0 aliphatic heterocycles. The molecule has 2 aromatic rings. The van der Waals surface area contributed by atoms with Gasteiger partial charge in [0.15, 0.2) is 0 Å². The van der Waals surface area contributed by atoms with E-state index in [1.807, 2.05) is 13.8 Å². The monoisotopic (exact) mass is 360 g/mol. The quantitative estimate of drug-likeness (QED) is 0.721. The van der Waals surface area contributed by atoms with E-state index in [-0.39, 0.29) is 16.7 Å². The normalized spacial score (nSPS) is 9.77. The molecule has 7 heteroatoms. The van der Waals surface area contributed by atoms with Crippen LogP contribution in [0, 0.1) is 0 Å². The first-order chi connectivity index (χ1) is 12.3. The maximum Gasteiger partial charge on any atom is 0.336 e. The average Bonchev–Trinajstić information content (AvgIpc) is 2.62. The van der Waals surface area contributed by atoms with Crippen molar-refractivity contribution in [3.05, 3.63) is 59.2 Å². The van der Waals surface area contributed by atoms with Crippen molar-refractivity contribution in [2.24, 2.45) is 0 Å². The Balaban J connectivity index is 0.000000597. The molecule has 0 spiro atoms. The second kappa shape index (κ2) is 9.95. The molecule has 0 radical (unpaired) electrons. The number of benzene rings is 2. The van der Waals surface area contributed by atoms with Crippen LogP contribution in [0.3, 0.4) is 0 Å². The zero-order valence-electron chi connectivity index (χ0n) is 14.4. The van der Waals surface area contributed by atoms with Crippen molar-refractivity contribution in [2.45, 2.75) is 13.8 Å². The van der Waals surface area contributed by atoms with Crippen LogP contribution in [0.4, 0.5) is 0 Å². The SMILES string of the molecule is CCOCC.O=C(O)c1cccc(-c2ccc(C(=O)O)c(C(=O)O)c2)c1. The van der Waals surface area contributed by atoms with E-state index in [0.717, 1.165) is 13.2 Å².